The van der Waals surface area contributed by atoms with E-state index in [1.807, 2.05) is 6.92 Å². The van der Waals surface area contributed by atoms with Gasteiger partial charge in [0.1, 0.15) is 5.82 Å². The first kappa shape index (κ1) is 12.3. The van der Waals surface area contributed by atoms with E-state index < -0.39 is 0 Å². The quantitative estimate of drug-likeness (QED) is 0.806. The fourth-order valence-corrected chi connectivity index (χ4v) is 2.27. The van der Waals surface area contributed by atoms with Crippen LogP contribution in [0.1, 0.15) is 25.5 Å². The molecule has 0 spiro atoms. The lowest BCUT2D eigenvalue weighted by Gasteiger charge is -2.32. The lowest BCUT2D eigenvalue weighted by Crippen LogP contribution is -2.36. The Bertz CT molecular complexity index is 344. The molecular formula is C12H20N4O. The summed E-state index contributed by atoms with van der Waals surface area (Å²) in [5.41, 5.74) is 6.45. The zero-order valence-electron chi connectivity index (χ0n) is 10.2. The van der Waals surface area contributed by atoms with E-state index in [-0.39, 0.29) is 6.10 Å². The molecule has 0 amide bonds. The summed E-state index contributed by atoms with van der Waals surface area (Å²) in [6, 6.07) is 0. The number of rotatable bonds is 3. The third-order valence-corrected chi connectivity index (χ3v) is 3.43. The van der Waals surface area contributed by atoms with Gasteiger partial charge in [-0.2, -0.15) is 0 Å². The van der Waals surface area contributed by atoms with Crippen molar-refractivity contribution in [2.75, 3.05) is 18.8 Å². The van der Waals surface area contributed by atoms with E-state index in [1.54, 1.807) is 12.4 Å². The highest BCUT2D eigenvalue weighted by atomic mass is 16.3. The normalized spacial score (nSPS) is 20.4. The first-order valence-corrected chi connectivity index (χ1v) is 6.12. The number of nitrogens with zero attached hydrogens (tertiary/aromatic N) is 3. The van der Waals surface area contributed by atoms with Gasteiger partial charge in [-0.3, -0.25) is 9.88 Å². The number of aliphatic hydroxyl groups excluding tert-OH is 1. The van der Waals surface area contributed by atoms with Crippen LogP contribution in [0.2, 0.25) is 0 Å². The molecule has 94 valence electrons. The van der Waals surface area contributed by atoms with E-state index in [9.17, 15) is 5.11 Å². The molecule has 1 atom stereocenters. The summed E-state index contributed by atoms with van der Waals surface area (Å²) in [5.74, 6) is 0.908. The van der Waals surface area contributed by atoms with E-state index >= 15 is 0 Å². The van der Waals surface area contributed by atoms with E-state index in [4.69, 9.17) is 5.73 Å². The molecule has 3 N–H and O–H groups in total. The number of aromatic nitrogens is 2. The Morgan fingerprint density at radius 3 is 2.65 bits per heavy atom. The number of anilines is 1. The molecule has 1 saturated heterocycles. The molecule has 5 nitrogen and oxygen atoms in total. The Labute approximate surface area is 102 Å². The minimum atomic E-state index is -0.187. The largest absolute Gasteiger partial charge is 0.393 e. The van der Waals surface area contributed by atoms with E-state index in [0.717, 1.165) is 38.2 Å². The molecule has 1 aliphatic rings. The molecule has 0 aromatic carbocycles. The van der Waals surface area contributed by atoms with Crippen LogP contribution in [-0.2, 0) is 6.54 Å². The Morgan fingerprint density at radius 2 is 2.12 bits per heavy atom. The van der Waals surface area contributed by atoms with Crippen molar-refractivity contribution in [1.29, 1.82) is 0 Å². The smallest absolute Gasteiger partial charge is 0.141 e. The maximum atomic E-state index is 9.53. The molecule has 2 rings (SSSR count). The molecule has 17 heavy (non-hydrogen) atoms. The summed E-state index contributed by atoms with van der Waals surface area (Å²) in [7, 11) is 0. The second-order valence-electron chi connectivity index (χ2n) is 4.79. The van der Waals surface area contributed by atoms with E-state index in [2.05, 4.69) is 14.9 Å². The minimum absolute atomic E-state index is 0.187. The van der Waals surface area contributed by atoms with Crippen molar-refractivity contribution in [2.24, 2.45) is 5.92 Å². The summed E-state index contributed by atoms with van der Waals surface area (Å²) in [5, 5.41) is 9.53. The SMILES string of the molecule is CC(O)C1CCN(Cc2cnc(N)cn2)CC1. The minimum Gasteiger partial charge on any atom is -0.393 e. The average molecular weight is 236 g/mol. The molecule has 0 radical (unpaired) electrons. The Morgan fingerprint density at radius 1 is 1.41 bits per heavy atom. The topological polar surface area (TPSA) is 75.3 Å². The van der Waals surface area contributed by atoms with Gasteiger partial charge in [0.2, 0.25) is 0 Å². The summed E-state index contributed by atoms with van der Waals surface area (Å²) in [6.45, 7) is 4.73. The summed E-state index contributed by atoms with van der Waals surface area (Å²) in [6.07, 6.45) is 5.25. The molecule has 1 fully saturated rings. The number of hydrogen-bond donors (Lipinski definition) is 2. The molecule has 1 aliphatic heterocycles. The van der Waals surface area contributed by atoms with Crippen molar-refractivity contribution < 1.29 is 5.11 Å². The predicted molar refractivity (Wildman–Crippen MR) is 66.1 cm³/mol. The summed E-state index contributed by atoms with van der Waals surface area (Å²) in [4.78, 5) is 10.6. The Hall–Kier alpha value is -1.20. The van der Waals surface area contributed by atoms with Crippen LogP contribution in [0.5, 0.6) is 0 Å². The Kier molecular flexibility index (Phi) is 3.91. The highest BCUT2D eigenvalue weighted by molar-refractivity contribution is 5.22. The molecule has 1 aromatic heterocycles. The third kappa shape index (κ3) is 3.38. The standard InChI is InChI=1S/C12H20N4O/c1-9(17)10-2-4-16(5-3-10)8-11-6-15-12(13)7-14-11/h6-7,9-10,17H,2-5,8H2,1H3,(H2,13,15). The van der Waals surface area contributed by atoms with Crippen molar-refractivity contribution in [3.05, 3.63) is 18.1 Å². The van der Waals surface area contributed by atoms with Crippen molar-refractivity contribution in [3.63, 3.8) is 0 Å². The summed E-state index contributed by atoms with van der Waals surface area (Å²) < 4.78 is 0. The molecule has 0 saturated carbocycles. The zero-order valence-corrected chi connectivity index (χ0v) is 10.2. The third-order valence-electron chi connectivity index (χ3n) is 3.43. The number of aliphatic hydroxyl groups is 1. The molecular weight excluding hydrogens is 216 g/mol. The molecule has 0 aliphatic carbocycles. The van der Waals surface area contributed by atoms with Gasteiger partial charge in [0.15, 0.2) is 0 Å². The highest BCUT2D eigenvalue weighted by Gasteiger charge is 2.22. The van der Waals surface area contributed by atoms with Crippen LogP contribution in [-0.4, -0.2) is 39.2 Å². The molecule has 1 unspecified atom stereocenters. The van der Waals surface area contributed by atoms with Crippen molar-refractivity contribution in [2.45, 2.75) is 32.4 Å². The number of nitrogen functional groups attached to an aromatic ring is 1. The van der Waals surface area contributed by atoms with Crippen LogP contribution in [0.15, 0.2) is 12.4 Å². The van der Waals surface area contributed by atoms with Crippen LogP contribution in [0.25, 0.3) is 0 Å². The van der Waals surface area contributed by atoms with Gasteiger partial charge < -0.3 is 10.8 Å². The second-order valence-corrected chi connectivity index (χ2v) is 4.79. The van der Waals surface area contributed by atoms with Gasteiger partial charge in [0.05, 0.1) is 24.2 Å². The summed E-state index contributed by atoms with van der Waals surface area (Å²) >= 11 is 0. The monoisotopic (exact) mass is 236 g/mol. The zero-order chi connectivity index (χ0) is 12.3. The van der Waals surface area contributed by atoms with Crippen molar-refractivity contribution >= 4 is 5.82 Å². The lowest BCUT2D eigenvalue weighted by atomic mass is 9.92. The first-order valence-electron chi connectivity index (χ1n) is 6.12. The van der Waals surface area contributed by atoms with Gasteiger partial charge in [-0.15, -0.1) is 0 Å². The maximum Gasteiger partial charge on any atom is 0.141 e. The van der Waals surface area contributed by atoms with Crippen LogP contribution in [0, 0.1) is 5.92 Å². The molecule has 0 bridgehead atoms. The molecule has 2 heterocycles. The lowest BCUT2D eigenvalue weighted by molar-refractivity contribution is 0.0691. The van der Waals surface area contributed by atoms with Crippen LogP contribution in [0.4, 0.5) is 5.82 Å². The van der Waals surface area contributed by atoms with Crippen LogP contribution >= 0.6 is 0 Å². The highest BCUT2D eigenvalue weighted by Crippen LogP contribution is 2.21. The maximum absolute atomic E-state index is 9.53. The number of hydrogen-bond acceptors (Lipinski definition) is 5. The number of nitrogens with two attached hydrogens (primary N) is 1. The van der Waals surface area contributed by atoms with Gasteiger partial charge in [0, 0.05) is 6.54 Å². The molecule has 1 aromatic rings. The second kappa shape index (κ2) is 5.42. The van der Waals surface area contributed by atoms with Gasteiger partial charge >= 0.3 is 0 Å². The van der Waals surface area contributed by atoms with Crippen molar-refractivity contribution in [3.8, 4) is 0 Å². The fourth-order valence-electron chi connectivity index (χ4n) is 2.27. The number of likely N-dealkylation sites (tertiary alicyclic amines) is 1. The van der Waals surface area contributed by atoms with Crippen LogP contribution in [0.3, 0.4) is 0 Å². The van der Waals surface area contributed by atoms with Gasteiger partial charge in [-0.1, -0.05) is 0 Å². The van der Waals surface area contributed by atoms with Gasteiger partial charge in [-0.05, 0) is 38.8 Å². The van der Waals surface area contributed by atoms with E-state index in [0.29, 0.717) is 11.7 Å². The van der Waals surface area contributed by atoms with Gasteiger partial charge in [-0.25, -0.2) is 4.98 Å². The number of piperidine rings is 1. The first-order chi connectivity index (χ1) is 8.15. The van der Waals surface area contributed by atoms with Gasteiger partial charge in [0.25, 0.3) is 0 Å². The van der Waals surface area contributed by atoms with Crippen molar-refractivity contribution in [1.82, 2.24) is 14.9 Å². The average Bonchev–Trinajstić information content (AvgIpc) is 2.33. The predicted octanol–water partition coefficient (Wildman–Crippen LogP) is 0.652. The Balaban J connectivity index is 1.84. The molecule has 5 heteroatoms. The van der Waals surface area contributed by atoms with Crippen LogP contribution < -0.4 is 5.73 Å². The fraction of sp³-hybridized carbons (Fsp3) is 0.667. The van der Waals surface area contributed by atoms with E-state index in [1.165, 1.54) is 0 Å².